The molecule has 0 aromatic heterocycles. The smallest absolute Gasteiger partial charge is 0.550 e. The number of hydrogen-bond acceptors (Lipinski definition) is 8. The van der Waals surface area contributed by atoms with Crippen molar-refractivity contribution in [1.82, 2.24) is 0 Å². The Kier molecular flexibility index (Phi) is 52.9. The molecule has 8 nitrogen and oxygen atoms in total. The van der Waals surface area contributed by atoms with E-state index >= 15 is 0 Å². The molecule has 0 N–H and O–H groups in total. The predicted molar refractivity (Wildman–Crippen MR) is 270 cm³/mol. The molecule has 0 amide bonds. The van der Waals surface area contributed by atoms with Crippen molar-refractivity contribution in [3.63, 3.8) is 0 Å². The monoisotopic (exact) mass is 983 g/mol. The van der Waals surface area contributed by atoms with Crippen LogP contribution in [-0.2, 0) is 19.2 Å². The molecule has 0 saturated carbocycles. The number of aliphatic carboxylic acids is 4. The molecule has 0 rings (SSSR count). The molecule has 0 spiro atoms. The Bertz CT molecular complexity index is 837. The minimum Gasteiger partial charge on any atom is -0.550 e. The van der Waals surface area contributed by atoms with Gasteiger partial charge in [0.2, 0.25) is 0 Å². The second-order valence-electron chi connectivity index (χ2n) is 19.5. The maximum Gasteiger partial charge on any atom is 4.00 e. The standard InChI is InChI=1S/4C14H28O2.Ge/c4*1-4-7-10-14(13(15)16,11-8-5-2)12-9-6-3;/h4*4-12H2,1-3H3,(H,15,16);/q;;;;+4/p-4. The van der Waals surface area contributed by atoms with Crippen molar-refractivity contribution >= 4 is 41.5 Å². The molecule has 0 aromatic carbocycles. The van der Waals surface area contributed by atoms with Crippen molar-refractivity contribution in [3.05, 3.63) is 0 Å². The zero-order valence-electron chi connectivity index (χ0n) is 45.2. The van der Waals surface area contributed by atoms with E-state index in [0.717, 1.165) is 231 Å². The SMILES string of the molecule is CCCCC(CCCC)(CCCC)C(=O)[O-].CCCCC(CCCC)(CCCC)C(=O)[O-].CCCCC(CCCC)(CCCC)C(=O)[O-].CCCCC(CCCC)(CCCC)C(=O)[O-].[Ge+4]. The van der Waals surface area contributed by atoms with Gasteiger partial charge in [-0.1, -0.05) is 237 Å². The first-order chi connectivity index (χ1) is 30.5. The van der Waals surface area contributed by atoms with E-state index in [-0.39, 0.29) is 17.6 Å². The van der Waals surface area contributed by atoms with Crippen LogP contribution < -0.4 is 20.4 Å². The van der Waals surface area contributed by atoms with Crippen LogP contribution in [0, 0.1) is 21.7 Å². The second kappa shape index (κ2) is 47.5. The Balaban J connectivity index is -0.000000245. The van der Waals surface area contributed by atoms with Crippen molar-refractivity contribution in [1.29, 1.82) is 0 Å². The molecule has 384 valence electrons. The fraction of sp³-hybridized carbons (Fsp3) is 0.929. The first-order valence-electron chi connectivity index (χ1n) is 27.4. The molecule has 0 fully saturated rings. The molecule has 0 radical (unpaired) electrons. The first kappa shape index (κ1) is 72.4. The van der Waals surface area contributed by atoms with Gasteiger partial charge in [0.05, 0.1) is 0 Å². The Morgan fingerprint density at radius 2 is 0.308 bits per heavy atom. The van der Waals surface area contributed by atoms with Crippen LogP contribution in [0.2, 0.25) is 0 Å². The number of carbonyl (C=O) groups excluding carboxylic acids is 4. The van der Waals surface area contributed by atoms with Gasteiger partial charge in [0.1, 0.15) is 0 Å². The van der Waals surface area contributed by atoms with Gasteiger partial charge in [0, 0.05) is 45.5 Å². The van der Waals surface area contributed by atoms with Crippen molar-refractivity contribution in [2.45, 2.75) is 314 Å². The summed E-state index contributed by atoms with van der Waals surface area (Å²) in [6.45, 7) is 25.3. The number of rotatable bonds is 40. The molecule has 0 aromatic rings. The van der Waals surface area contributed by atoms with Crippen molar-refractivity contribution in [3.8, 4) is 0 Å². The van der Waals surface area contributed by atoms with Crippen LogP contribution in [0.5, 0.6) is 0 Å². The number of hydrogen-bond donors (Lipinski definition) is 0. The summed E-state index contributed by atoms with van der Waals surface area (Å²) >= 11 is 0. The Hall–Kier alpha value is -1.58. The van der Waals surface area contributed by atoms with Gasteiger partial charge < -0.3 is 39.6 Å². The summed E-state index contributed by atoms with van der Waals surface area (Å²) in [6.07, 6.45) is 34.3. The predicted octanol–water partition coefficient (Wildman–Crippen LogP) is 12.8. The third-order valence-corrected chi connectivity index (χ3v) is 13.8. The molecule has 0 aliphatic carbocycles. The molecule has 0 atom stereocenters. The topological polar surface area (TPSA) is 161 Å². The summed E-state index contributed by atoms with van der Waals surface area (Å²) in [5, 5.41) is 45.7. The molecular formula is C56H108GeO8. The van der Waals surface area contributed by atoms with Crippen molar-refractivity contribution in [2.24, 2.45) is 21.7 Å². The van der Waals surface area contributed by atoms with E-state index in [2.05, 4.69) is 83.1 Å². The molecule has 0 heterocycles. The summed E-state index contributed by atoms with van der Waals surface area (Å²) in [4.78, 5) is 45.7. The van der Waals surface area contributed by atoms with Crippen molar-refractivity contribution < 1.29 is 39.6 Å². The van der Waals surface area contributed by atoms with Crippen LogP contribution in [0.1, 0.15) is 314 Å². The number of carboxylic acids is 4. The van der Waals surface area contributed by atoms with Crippen LogP contribution in [0.4, 0.5) is 0 Å². The molecule has 0 aliphatic heterocycles. The van der Waals surface area contributed by atoms with Gasteiger partial charge in [-0.25, -0.2) is 0 Å². The molecule has 0 aliphatic rings. The fourth-order valence-electron chi connectivity index (χ4n) is 8.91. The minimum absolute atomic E-state index is 0. The van der Waals surface area contributed by atoms with Gasteiger partial charge in [-0.15, -0.1) is 0 Å². The summed E-state index contributed by atoms with van der Waals surface area (Å²) in [5.41, 5.74) is -2.16. The quantitative estimate of drug-likeness (QED) is 0.0548. The Morgan fingerprint density at radius 3 is 0.354 bits per heavy atom. The molecule has 0 unspecified atom stereocenters. The van der Waals surface area contributed by atoms with Crippen LogP contribution in [0.15, 0.2) is 0 Å². The van der Waals surface area contributed by atoms with Gasteiger partial charge in [-0.05, 0) is 77.0 Å². The number of carboxylic acid groups (broad SMARTS) is 4. The van der Waals surface area contributed by atoms with Gasteiger partial charge in [0.25, 0.3) is 0 Å². The van der Waals surface area contributed by atoms with E-state index in [4.69, 9.17) is 0 Å². The van der Waals surface area contributed by atoms with Crippen LogP contribution >= 0.6 is 0 Å². The molecule has 0 saturated heterocycles. The van der Waals surface area contributed by atoms with Crippen LogP contribution in [0.25, 0.3) is 0 Å². The van der Waals surface area contributed by atoms with Crippen molar-refractivity contribution in [2.75, 3.05) is 0 Å². The summed E-state index contributed by atoms with van der Waals surface area (Å²) in [7, 11) is 0. The molecular weight excluding hydrogens is 873 g/mol. The Morgan fingerprint density at radius 1 is 0.231 bits per heavy atom. The maximum atomic E-state index is 11.4. The number of carbonyl (C=O) groups is 4. The zero-order valence-corrected chi connectivity index (χ0v) is 47.3. The third kappa shape index (κ3) is 33.5. The van der Waals surface area contributed by atoms with E-state index in [9.17, 15) is 39.6 Å². The van der Waals surface area contributed by atoms with E-state index in [0.29, 0.717) is 0 Å². The van der Waals surface area contributed by atoms with E-state index in [1.807, 2.05) is 0 Å². The molecule has 0 bridgehead atoms. The average Bonchev–Trinajstić information content (AvgIpc) is 3.28. The van der Waals surface area contributed by atoms with Gasteiger partial charge in [-0.3, -0.25) is 0 Å². The van der Waals surface area contributed by atoms with E-state index in [1.165, 1.54) is 0 Å². The average molecular weight is 982 g/mol. The van der Waals surface area contributed by atoms with Gasteiger partial charge in [-0.2, -0.15) is 0 Å². The van der Waals surface area contributed by atoms with Gasteiger partial charge in [0.15, 0.2) is 0 Å². The molecule has 9 heteroatoms. The van der Waals surface area contributed by atoms with Gasteiger partial charge >= 0.3 is 17.6 Å². The third-order valence-electron chi connectivity index (χ3n) is 13.8. The van der Waals surface area contributed by atoms with E-state index in [1.54, 1.807) is 0 Å². The van der Waals surface area contributed by atoms with Crippen LogP contribution in [0.3, 0.4) is 0 Å². The Labute approximate surface area is 415 Å². The fourth-order valence-corrected chi connectivity index (χ4v) is 8.91. The first-order valence-corrected chi connectivity index (χ1v) is 27.4. The number of unbranched alkanes of at least 4 members (excludes halogenated alkanes) is 12. The summed E-state index contributed by atoms with van der Waals surface area (Å²) in [6, 6.07) is 0. The maximum absolute atomic E-state index is 11.4. The largest absolute Gasteiger partial charge is 4.00 e. The summed E-state index contributed by atoms with van der Waals surface area (Å²) < 4.78 is 0. The van der Waals surface area contributed by atoms with E-state index < -0.39 is 45.5 Å². The zero-order chi connectivity index (χ0) is 49.8. The summed E-state index contributed by atoms with van der Waals surface area (Å²) in [5.74, 6) is -3.27. The normalized spacial score (nSPS) is 11.5. The second-order valence-corrected chi connectivity index (χ2v) is 19.5. The van der Waals surface area contributed by atoms with Crippen LogP contribution in [-0.4, -0.2) is 41.5 Å². The molecule has 65 heavy (non-hydrogen) atoms. The minimum atomic E-state index is -0.817.